The molecule has 0 saturated heterocycles. The molecule has 33 heavy (non-hydrogen) atoms. The summed E-state index contributed by atoms with van der Waals surface area (Å²) in [5, 5.41) is 29.1. The molecule has 0 spiro atoms. The lowest BCUT2D eigenvalue weighted by Crippen LogP contribution is -2.30. The first-order chi connectivity index (χ1) is 16.0. The number of benzene rings is 3. The van der Waals surface area contributed by atoms with E-state index >= 15 is 0 Å². The fourth-order valence-corrected chi connectivity index (χ4v) is 3.99. The molecule has 0 aliphatic heterocycles. The molecular weight excluding hydrogens is 414 g/mol. The predicted molar refractivity (Wildman–Crippen MR) is 132 cm³/mol. The molecular formula is C27H27N3O3. The Morgan fingerprint density at radius 2 is 0.818 bits per heavy atom. The number of phenolic OH excluding ortho intramolecular Hbond substituents is 3. The molecule has 3 N–H and O–H groups in total. The highest BCUT2D eigenvalue weighted by molar-refractivity contribution is 5.81. The van der Waals surface area contributed by atoms with E-state index in [0.29, 0.717) is 0 Å². The zero-order valence-electron chi connectivity index (χ0n) is 18.2. The molecule has 1 saturated carbocycles. The van der Waals surface area contributed by atoms with Crippen LogP contribution >= 0.6 is 0 Å². The standard InChI is InChI=1S/C27H27N3O3/c31-25-7-1-4-19(10-25)16-28-22-13-23(29-17-20-5-2-8-26(32)11-20)15-24(14-22)30-18-21-6-3-9-27(33)12-21/h1-12,16-18,22-24,31-33H,13-15H2. The Bertz CT molecular complexity index is 1020. The van der Waals surface area contributed by atoms with Crippen molar-refractivity contribution in [3.63, 3.8) is 0 Å². The molecule has 4 rings (SSSR count). The highest BCUT2D eigenvalue weighted by Crippen LogP contribution is 2.27. The molecule has 0 heterocycles. The Balaban J connectivity index is 1.51. The van der Waals surface area contributed by atoms with E-state index in [9.17, 15) is 15.3 Å². The minimum atomic E-state index is 0.0405. The molecule has 6 nitrogen and oxygen atoms in total. The van der Waals surface area contributed by atoms with Crippen LogP contribution in [0.25, 0.3) is 0 Å². The van der Waals surface area contributed by atoms with E-state index in [0.717, 1.165) is 36.0 Å². The van der Waals surface area contributed by atoms with E-state index < -0.39 is 0 Å². The highest BCUT2D eigenvalue weighted by atomic mass is 16.3. The number of phenols is 3. The third-order valence-electron chi connectivity index (χ3n) is 5.55. The topological polar surface area (TPSA) is 97.8 Å². The van der Waals surface area contributed by atoms with Crippen molar-refractivity contribution in [3.05, 3.63) is 89.5 Å². The summed E-state index contributed by atoms with van der Waals surface area (Å²) < 4.78 is 0. The maximum atomic E-state index is 9.69. The molecule has 0 aromatic heterocycles. The lowest BCUT2D eigenvalue weighted by atomic mass is 9.88. The molecule has 3 aromatic rings. The number of aromatic hydroxyl groups is 3. The van der Waals surface area contributed by atoms with Crippen molar-refractivity contribution in [2.24, 2.45) is 15.0 Å². The number of aliphatic imine (C=N–C) groups is 3. The Morgan fingerprint density at radius 3 is 1.09 bits per heavy atom. The largest absolute Gasteiger partial charge is 0.508 e. The van der Waals surface area contributed by atoms with Gasteiger partial charge in [0.25, 0.3) is 0 Å². The fourth-order valence-electron chi connectivity index (χ4n) is 3.99. The van der Waals surface area contributed by atoms with Crippen LogP contribution < -0.4 is 0 Å². The van der Waals surface area contributed by atoms with Gasteiger partial charge in [-0.1, -0.05) is 36.4 Å². The van der Waals surface area contributed by atoms with E-state index in [1.165, 1.54) is 0 Å². The SMILES string of the molecule is Oc1cccc(C=NC2CC(N=Cc3cccc(O)c3)CC(N=Cc3cccc(O)c3)C2)c1. The van der Waals surface area contributed by atoms with E-state index in [1.807, 2.05) is 18.2 Å². The minimum Gasteiger partial charge on any atom is -0.508 e. The summed E-state index contributed by atoms with van der Waals surface area (Å²) in [6, 6.07) is 21.2. The van der Waals surface area contributed by atoms with Gasteiger partial charge >= 0.3 is 0 Å². The molecule has 168 valence electrons. The zero-order chi connectivity index (χ0) is 23.0. The van der Waals surface area contributed by atoms with Gasteiger partial charge in [0.1, 0.15) is 17.2 Å². The number of rotatable bonds is 6. The first-order valence-electron chi connectivity index (χ1n) is 11.0. The molecule has 6 heteroatoms. The van der Waals surface area contributed by atoms with Gasteiger partial charge in [-0.3, -0.25) is 15.0 Å². The average molecular weight is 442 g/mol. The molecule has 0 unspecified atom stereocenters. The molecule has 0 radical (unpaired) electrons. The van der Waals surface area contributed by atoms with Crippen molar-refractivity contribution in [1.29, 1.82) is 0 Å². The maximum Gasteiger partial charge on any atom is 0.116 e. The van der Waals surface area contributed by atoms with Gasteiger partial charge in [0.15, 0.2) is 0 Å². The molecule has 1 aliphatic rings. The second kappa shape index (κ2) is 10.6. The first kappa shape index (κ1) is 22.3. The predicted octanol–water partition coefficient (Wildman–Crippen LogP) is 4.75. The van der Waals surface area contributed by atoms with Crippen molar-refractivity contribution in [1.82, 2.24) is 0 Å². The number of hydrogen-bond acceptors (Lipinski definition) is 6. The van der Waals surface area contributed by atoms with Gasteiger partial charge in [-0.2, -0.15) is 0 Å². The second-order valence-corrected chi connectivity index (χ2v) is 8.29. The van der Waals surface area contributed by atoms with Crippen molar-refractivity contribution in [2.75, 3.05) is 0 Å². The zero-order valence-corrected chi connectivity index (χ0v) is 18.2. The van der Waals surface area contributed by atoms with E-state index in [4.69, 9.17) is 15.0 Å². The van der Waals surface area contributed by atoms with Crippen LogP contribution in [-0.2, 0) is 0 Å². The highest BCUT2D eigenvalue weighted by Gasteiger charge is 2.27. The first-order valence-corrected chi connectivity index (χ1v) is 11.0. The summed E-state index contributed by atoms with van der Waals surface area (Å²) >= 11 is 0. The van der Waals surface area contributed by atoms with Gasteiger partial charge in [-0.25, -0.2) is 0 Å². The van der Waals surface area contributed by atoms with Gasteiger partial charge in [0.2, 0.25) is 0 Å². The van der Waals surface area contributed by atoms with Crippen molar-refractivity contribution in [3.8, 4) is 17.2 Å². The average Bonchev–Trinajstić information content (AvgIpc) is 2.80. The van der Waals surface area contributed by atoms with Gasteiger partial charge in [0, 0.05) is 18.6 Å². The van der Waals surface area contributed by atoms with Gasteiger partial charge in [-0.05, 0) is 72.4 Å². The lowest BCUT2D eigenvalue weighted by molar-refractivity contribution is 0.358. The molecule has 1 aliphatic carbocycles. The summed E-state index contributed by atoms with van der Waals surface area (Å²) in [6.45, 7) is 0. The molecule has 0 atom stereocenters. The smallest absolute Gasteiger partial charge is 0.116 e. The summed E-state index contributed by atoms with van der Waals surface area (Å²) in [7, 11) is 0. The molecule has 3 aromatic carbocycles. The van der Waals surface area contributed by atoms with Crippen molar-refractivity contribution >= 4 is 18.6 Å². The van der Waals surface area contributed by atoms with Crippen molar-refractivity contribution < 1.29 is 15.3 Å². The van der Waals surface area contributed by atoms with E-state index in [2.05, 4.69) is 0 Å². The minimum absolute atomic E-state index is 0.0405. The summed E-state index contributed by atoms with van der Waals surface area (Å²) in [5.41, 5.74) is 2.54. The maximum absolute atomic E-state index is 9.69. The number of nitrogens with zero attached hydrogens (tertiary/aromatic N) is 3. The van der Waals surface area contributed by atoms with Crippen LogP contribution in [0.2, 0.25) is 0 Å². The van der Waals surface area contributed by atoms with Crippen LogP contribution in [0.1, 0.15) is 36.0 Å². The van der Waals surface area contributed by atoms with E-state index in [-0.39, 0.29) is 35.4 Å². The Kier molecular flexibility index (Phi) is 7.15. The fraction of sp³-hybridized carbons (Fsp3) is 0.222. The third kappa shape index (κ3) is 6.77. The van der Waals surface area contributed by atoms with Crippen LogP contribution in [0.15, 0.2) is 87.8 Å². The lowest BCUT2D eigenvalue weighted by Gasteiger charge is -2.29. The van der Waals surface area contributed by atoms with E-state index in [1.54, 1.807) is 73.2 Å². The summed E-state index contributed by atoms with van der Waals surface area (Å²) in [5.74, 6) is 0.638. The Labute approximate surface area is 193 Å². The Hall–Kier alpha value is -3.93. The summed E-state index contributed by atoms with van der Waals surface area (Å²) in [6.07, 6.45) is 7.76. The van der Waals surface area contributed by atoms with Gasteiger partial charge in [-0.15, -0.1) is 0 Å². The van der Waals surface area contributed by atoms with Crippen LogP contribution in [0.3, 0.4) is 0 Å². The third-order valence-corrected chi connectivity index (χ3v) is 5.55. The van der Waals surface area contributed by atoms with Crippen LogP contribution in [0.5, 0.6) is 17.2 Å². The quantitative estimate of drug-likeness (QED) is 0.482. The Morgan fingerprint density at radius 1 is 0.515 bits per heavy atom. The molecule has 1 fully saturated rings. The van der Waals surface area contributed by atoms with Crippen LogP contribution in [0.4, 0.5) is 0 Å². The van der Waals surface area contributed by atoms with Crippen LogP contribution in [0, 0.1) is 0 Å². The van der Waals surface area contributed by atoms with Gasteiger partial charge < -0.3 is 15.3 Å². The summed E-state index contributed by atoms with van der Waals surface area (Å²) in [4.78, 5) is 14.3. The second-order valence-electron chi connectivity index (χ2n) is 8.29. The van der Waals surface area contributed by atoms with Crippen molar-refractivity contribution in [2.45, 2.75) is 37.4 Å². The normalized spacial score (nSPS) is 21.3. The molecule has 0 amide bonds. The van der Waals surface area contributed by atoms with Crippen LogP contribution in [-0.4, -0.2) is 52.1 Å². The van der Waals surface area contributed by atoms with Gasteiger partial charge in [0.05, 0.1) is 18.1 Å². The number of hydrogen-bond donors (Lipinski definition) is 3. The monoisotopic (exact) mass is 441 g/mol. The molecule has 0 bridgehead atoms.